The van der Waals surface area contributed by atoms with E-state index in [4.69, 9.17) is 0 Å². The average Bonchev–Trinajstić information content (AvgIpc) is 2.82. The number of anilines is 1. The molecular weight excluding hydrogens is 332 g/mol. The van der Waals surface area contributed by atoms with Gasteiger partial charge < -0.3 is 10.2 Å². The van der Waals surface area contributed by atoms with Crippen molar-refractivity contribution < 1.29 is 0 Å². The summed E-state index contributed by atoms with van der Waals surface area (Å²) in [6.45, 7) is 4.08. The lowest BCUT2D eigenvalue weighted by Crippen LogP contribution is -2.47. The lowest BCUT2D eigenvalue weighted by atomic mass is 9.98. The van der Waals surface area contributed by atoms with Crippen LogP contribution in [0.5, 0.6) is 0 Å². The highest BCUT2D eigenvalue weighted by atomic mass is 79.9. The first kappa shape index (κ1) is 14.8. The number of fused-ring (bicyclic) bond motifs is 2. The lowest BCUT2D eigenvalue weighted by molar-refractivity contribution is 0.354. The first-order chi connectivity index (χ1) is 10.1. The number of allylic oxidation sites excluding steroid dienone is 1. The summed E-state index contributed by atoms with van der Waals surface area (Å²) in [6.07, 6.45) is 8.27. The quantitative estimate of drug-likeness (QED) is 0.841. The molecule has 0 amide bonds. The fourth-order valence-corrected chi connectivity index (χ4v) is 4.08. The van der Waals surface area contributed by atoms with Crippen molar-refractivity contribution in [3.63, 3.8) is 0 Å². The Morgan fingerprint density at radius 2 is 2.19 bits per heavy atom. The van der Waals surface area contributed by atoms with Crippen LogP contribution < -0.4 is 15.8 Å². The zero-order valence-corrected chi connectivity index (χ0v) is 13.8. The fraction of sp³-hybridized carbons (Fsp3) is 0.600. The van der Waals surface area contributed by atoms with Gasteiger partial charge in [0.2, 0.25) is 0 Å². The van der Waals surface area contributed by atoms with Crippen LogP contribution in [0, 0.1) is 0 Å². The van der Waals surface area contributed by atoms with Gasteiger partial charge in [0.1, 0.15) is 4.47 Å². The maximum Gasteiger partial charge on any atom is 0.283 e. The van der Waals surface area contributed by atoms with Crippen molar-refractivity contribution >= 4 is 21.6 Å². The molecule has 1 aromatic rings. The molecule has 0 aliphatic carbocycles. The van der Waals surface area contributed by atoms with Crippen LogP contribution >= 0.6 is 15.9 Å². The molecule has 21 heavy (non-hydrogen) atoms. The second-order valence-electron chi connectivity index (χ2n) is 5.99. The number of nitrogens with one attached hydrogen (secondary N) is 1. The van der Waals surface area contributed by atoms with Crippen molar-refractivity contribution in [3.05, 3.63) is 33.7 Å². The summed E-state index contributed by atoms with van der Waals surface area (Å²) in [5, 5.41) is 7.89. The zero-order chi connectivity index (χ0) is 15.0. The molecule has 0 spiro atoms. The zero-order valence-electron chi connectivity index (χ0n) is 12.3. The summed E-state index contributed by atoms with van der Waals surface area (Å²) in [6, 6.07) is 1.73. The molecule has 1 aromatic heterocycles. The third-order valence-electron chi connectivity index (χ3n) is 4.64. The summed E-state index contributed by atoms with van der Waals surface area (Å²) in [5.41, 5.74) is 0.780. The number of aromatic nitrogens is 2. The molecule has 3 rings (SSSR count). The molecule has 5 nitrogen and oxygen atoms in total. The Morgan fingerprint density at radius 3 is 2.81 bits per heavy atom. The molecule has 2 saturated heterocycles. The third kappa shape index (κ3) is 2.79. The van der Waals surface area contributed by atoms with Crippen LogP contribution in [0.15, 0.2) is 28.1 Å². The topological polar surface area (TPSA) is 50.2 Å². The SMILES string of the molecule is C=CCn1ncc(N(C)C2CC3CCC(C2)N3)c(Br)c1=O. The predicted octanol–water partition coefficient (Wildman–Crippen LogP) is 1.91. The van der Waals surface area contributed by atoms with E-state index in [0.717, 1.165) is 18.5 Å². The Kier molecular flexibility index (Phi) is 4.17. The van der Waals surface area contributed by atoms with Crippen LogP contribution in [0.25, 0.3) is 0 Å². The highest BCUT2D eigenvalue weighted by Crippen LogP contribution is 2.32. The van der Waals surface area contributed by atoms with Crippen LogP contribution in [0.2, 0.25) is 0 Å². The summed E-state index contributed by atoms with van der Waals surface area (Å²) in [7, 11) is 2.06. The molecule has 6 heteroatoms. The first-order valence-corrected chi connectivity index (χ1v) is 8.25. The van der Waals surface area contributed by atoms with Gasteiger partial charge in [-0.2, -0.15) is 5.10 Å². The Bertz CT molecular complexity index is 588. The second-order valence-corrected chi connectivity index (χ2v) is 6.79. The molecule has 3 heterocycles. The van der Waals surface area contributed by atoms with Crippen LogP contribution in [0.3, 0.4) is 0 Å². The molecule has 0 aromatic carbocycles. The number of halogens is 1. The largest absolute Gasteiger partial charge is 0.369 e. The van der Waals surface area contributed by atoms with Crippen molar-refractivity contribution in [1.29, 1.82) is 0 Å². The van der Waals surface area contributed by atoms with E-state index in [2.05, 4.69) is 44.9 Å². The molecule has 2 fully saturated rings. The van der Waals surface area contributed by atoms with Crippen LogP contribution in [0.4, 0.5) is 5.69 Å². The lowest BCUT2D eigenvalue weighted by Gasteiger charge is -2.37. The van der Waals surface area contributed by atoms with Crippen molar-refractivity contribution in [2.45, 2.75) is 50.4 Å². The van der Waals surface area contributed by atoms with Gasteiger partial charge in [-0.15, -0.1) is 6.58 Å². The predicted molar refractivity (Wildman–Crippen MR) is 87.8 cm³/mol. The minimum Gasteiger partial charge on any atom is -0.369 e. The Balaban J connectivity index is 1.84. The van der Waals surface area contributed by atoms with Crippen molar-refractivity contribution in [2.75, 3.05) is 11.9 Å². The van der Waals surface area contributed by atoms with Gasteiger partial charge in [-0.3, -0.25) is 4.79 Å². The van der Waals surface area contributed by atoms with E-state index in [1.165, 1.54) is 17.5 Å². The van der Waals surface area contributed by atoms with Crippen LogP contribution in [-0.2, 0) is 6.54 Å². The Hall–Kier alpha value is -1.14. The maximum absolute atomic E-state index is 12.3. The highest BCUT2D eigenvalue weighted by Gasteiger charge is 2.35. The number of nitrogens with zero attached hydrogens (tertiary/aromatic N) is 3. The van der Waals surface area contributed by atoms with Crippen molar-refractivity contribution in [2.24, 2.45) is 0 Å². The molecule has 2 atom stereocenters. The Labute approximate surface area is 133 Å². The van der Waals surface area contributed by atoms with Crippen LogP contribution in [0.1, 0.15) is 25.7 Å². The summed E-state index contributed by atoms with van der Waals surface area (Å²) < 4.78 is 2.01. The van der Waals surface area contributed by atoms with Gasteiger partial charge in [0, 0.05) is 25.2 Å². The highest BCUT2D eigenvalue weighted by molar-refractivity contribution is 9.10. The van der Waals surface area contributed by atoms with E-state index in [-0.39, 0.29) is 5.56 Å². The van der Waals surface area contributed by atoms with E-state index >= 15 is 0 Å². The average molecular weight is 353 g/mol. The number of hydrogen-bond acceptors (Lipinski definition) is 4. The van der Waals surface area contributed by atoms with Gasteiger partial charge in [0.15, 0.2) is 0 Å². The number of rotatable bonds is 4. The summed E-state index contributed by atoms with van der Waals surface area (Å²) >= 11 is 3.45. The molecule has 2 bridgehead atoms. The monoisotopic (exact) mass is 352 g/mol. The minimum absolute atomic E-state index is 0.101. The van der Waals surface area contributed by atoms with Crippen LogP contribution in [-0.4, -0.2) is 35.0 Å². The van der Waals surface area contributed by atoms with Gasteiger partial charge >= 0.3 is 0 Å². The molecule has 0 saturated carbocycles. The maximum atomic E-state index is 12.3. The molecule has 0 radical (unpaired) electrons. The first-order valence-electron chi connectivity index (χ1n) is 7.45. The Morgan fingerprint density at radius 1 is 1.52 bits per heavy atom. The smallest absolute Gasteiger partial charge is 0.283 e. The second kappa shape index (κ2) is 5.93. The van der Waals surface area contributed by atoms with Gasteiger partial charge in [0.25, 0.3) is 5.56 Å². The molecule has 114 valence electrons. The number of piperidine rings is 1. The van der Waals surface area contributed by atoms with Crippen molar-refractivity contribution in [3.8, 4) is 0 Å². The van der Waals surface area contributed by atoms with Gasteiger partial charge in [-0.1, -0.05) is 6.08 Å². The minimum atomic E-state index is -0.101. The van der Waals surface area contributed by atoms with E-state index in [9.17, 15) is 4.79 Å². The standard InChI is InChI=1S/C15H21BrN4O/c1-3-6-20-15(21)14(16)13(9-17-20)19(2)12-7-10-4-5-11(8-12)18-10/h3,9-12,18H,1,4-8H2,2H3. The van der Waals surface area contributed by atoms with Crippen molar-refractivity contribution in [1.82, 2.24) is 15.1 Å². The van der Waals surface area contributed by atoms with E-state index in [0.29, 0.717) is 29.1 Å². The fourth-order valence-electron chi connectivity index (χ4n) is 3.49. The van der Waals surface area contributed by atoms with E-state index < -0.39 is 0 Å². The number of hydrogen-bond donors (Lipinski definition) is 1. The van der Waals surface area contributed by atoms with E-state index in [1.54, 1.807) is 12.3 Å². The molecule has 2 unspecified atom stereocenters. The molecule has 1 N–H and O–H groups in total. The summed E-state index contributed by atoms with van der Waals surface area (Å²) in [5.74, 6) is 0. The van der Waals surface area contributed by atoms with Gasteiger partial charge in [-0.05, 0) is 41.6 Å². The normalized spacial score (nSPS) is 27.6. The molecule has 2 aliphatic rings. The van der Waals surface area contributed by atoms with Gasteiger partial charge in [-0.25, -0.2) is 4.68 Å². The molecule has 2 aliphatic heterocycles. The van der Waals surface area contributed by atoms with Gasteiger partial charge in [0.05, 0.1) is 18.4 Å². The third-order valence-corrected chi connectivity index (χ3v) is 5.39. The molecular formula is C15H21BrN4O. The van der Waals surface area contributed by atoms with E-state index in [1.807, 2.05) is 0 Å². The summed E-state index contributed by atoms with van der Waals surface area (Å²) in [4.78, 5) is 14.5.